The van der Waals surface area contributed by atoms with Crippen molar-refractivity contribution in [1.29, 1.82) is 0 Å². The Bertz CT molecular complexity index is 688. The van der Waals surface area contributed by atoms with E-state index in [0.29, 0.717) is 39.1 Å². The molecule has 29 heavy (non-hydrogen) atoms. The average Bonchev–Trinajstić information content (AvgIpc) is 2.72. The molecule has 1 atom stereocenters. The lowest BCUT2D eigenvalue weighted by atomic mass is 9.73. The molecule has 2 aliphatic rings. The van der Waals surface area contributed by atoms with Gasteiger partial charge in [-0.05, 0) is 50.7 Å². The Morgan fingerprint density at radius 2 is 1.90 bits per heavy atom. The van der Waals surface area contributed by atoms with Crippen LogP contribution in [0, 0.1) is 5.41 Å². The quantitative estimate of drug-likeness (QED) is 0.727. The summed E-state index contributed by atoms with van der Waals surface area (Å²) >= 11 is 0. The third kappa shape index (κ3) is 5.86. The predicted octanol–water partition coefficient (Wildman–Crippen LogP) is 2.68. The molecule has 0 saturated carbocycles. The largest absolute Gasteiger partial charge is 0.491 e. The zero-order valence-electron chi connectivity index (χ0n) is 17.3. The maximum atomic E-state index is 13.1. The molecule has 2 aliphatic heterocycles. The summed E-state index contributed by atoms with van der Waals surface area (Å²) in [7, 11) is 0. The highest BCUT2D eigenvalue weighted by Gasteiger charge is 2.41. The van der Waals surface area contributed by atoms with Crippen LogP contribution in [0.15, 0.2) is 24.3 Å². The lowest BCUT2D eigenvalue weighted by molar-refractivity contribution is -0.141. The lowest BCUT2D eigenvalue weighted by Crippen LogP contribution is -2.53. The molecule has 7 heteroatoms. The minimum atomic E-state index is -0.485. The van der Waals surface area contributed by atoms with Crippen LogP contribution in [0.3, 0.4) is 0 Å². The first-order chi connectivity index (χ1) is 13.5. The maximum absolute atomic E-state index is 13.1. The van der Waals surface area contributed by atoms with Crippen LogP contribution in [-0.2, 0) is 16.0 Å². The number of carbonyl (C=O) groups excluding carboxylic acids is 2. The fourth-order valence-corrected chi connectivity index (χ4v) is 4.35. The molecule has 1 aromatic rings. The van der Waals surface area contributed by atoms with Gasteiger partial charge in [0.05, 0.1) is 18.0 Å². The Kier molecular flexibility index (Phi) is 8.78. The van der Waals surface area contributed by atoms with Crippen molar-refractivity contribution >= 4 is 24.2 Å². The van der Waals surface area contributed by atoms with E-state index in [1.807, 2.05) is 23.1 Å². The molecule has 162 valence electrons. The normalized spacial score (nSPS) is 21.2. The number of rotatable bonds is 1. The average molecular weight is 424 g/mol. The molecule has 3 rings (SSSR count). The van der Waals surface area contributed by atoms with E-state index in [2.05, 4.69) is 11.4 Å². The van der Waals surface area contributed by atoms with Crippen LogP contribution in [0.1, 0.15) is 51.0 Å². The van der Waals surface area contributed by atoms with Crippen LogP contribution in [0.2, 0.25) is 0 Å². The Morgan fingerprint density at radius 1 is 1.17 bits per heavy atom. The van der Waals surface area contributed by atoms with Gasteiger partial charge in [0.25, 0.3) is 0 Å². The van der Waals surface area contributed by atoms with E-state index in [9.17, 15) is 9.59 Å². The summed E-state index contributed by atoms with van der Waals surface area (Å²) in [4.78, 5) is 27.1. The number of amides is 2. The molecule has 1 fully saturated rings. The number of nitrogens with one attached hydrogen (secondary N) is 1. The van der Waals surface area contributed by atoms with Crippen molar-refractivity contribution in [2.45, 2.75) is 57.9 Å². The fourth-order valence-electron chi connectivity index (χ4n) is 4.35. The van der Waals surface area contributed by atoms with E-state index in [0.717, 1.165) is 37.9 Å². The van der Waals surface area contributed by atoms with E-state index in [1.54, 1.807) is 6.92 Å². The third-order valence-corrected chi connectivity index (χ3v) is 6.12. The lowest BCUT2D eigenvalue weighted by Gasteiger charge is -2.41. The first kappa shape index (κ1) is 23.5. The van der Waals surface area contributed by atoms with Gasteiger partial charge in [-0.25, -0.2) is 0 Å². The van der Waals surface area contributed by atoms with Crippen molar-refractivity contribution in [1.82, 2.24) is 10.2 Å². The number of fused-ring (bicyclic) bond motifs is 1. The van der Waals surface area contributed by atoms with E-state index >= 15 is 0 Å². The van der Waals surface area contributed by atoms with Crippen LogP contribution in [0.5, 0.6) is 5.75 Å². The second-order valence-electron chi connectivity index (χ2n) is 8.17. The van der Waals surface area contributed by atoms with Crippen molar-refractivity contribution in [3.05, 3.63) is 29.8 Å². The minimum Gasteiger partial charge on any atom is -0.491 e. The molecule has 3 N–H and O–H groups in total. The van der Waals surface area contributed by atoms with Gasteiger partial charge in [-0.3, -0.25) is 9.59 Å². The highest BCUT2D eigenvalue weighted by Crippen LogP contribution is 2.37. The second kappa shape index (κ2) is 10.8. The summed E-state index contributed by atoms with van der Waals surface area (Å²) < 4.78 is 5.92. The number of ether oxygens (including phenoxy) is 1. The third-order valence-electron chi connectivity index (χ3n) is 6.12. The Morgan fingerprint density at radius 3 is 2.62 bits per heavy atom. The molecule has 2 heterocycles. The number of benzene rings is 1. The first-order valence-corrected chi connectivity index (χ1v) is 10.6. The van der Waals surface area contributed by atoms with Crippen LogP contribution in [0.25, 0.3) is 0 Å². The second-order valence-corrected chi connectivity index (χ2v) is 8.17. The number of aryl methyl sites for hydroxylation is 1. The molecule has 0 unspecified atom stereocenters. The maximum Gasteiger partial charge on any atom is 0.239 e. The Balaban J connectivity index is 0.00000300. The Hall–Kier alpha value is -1.79. The molecule has 2 amide bonds. The fraction of sp³-hybridized carbons (Fsp3) is 0.636. The van der Waals surface area contributed by atoms with Gasteiger partial charge in [-0.2, -0.15) is 0 Å². The molecular formula is C22H34ClN3O3. The van der Waals surface area contributed by atoms with Gasteiger partial charge in [0.2, 0.25) is 11.8 Å². The zero-order valence-corrected chi connectivity index (χ0v) is 18.1. The number of hydrogen-bond donors (Lipinski definition) is 2. The highest BCUT2D eigenvalue weighted by atomic mass is 35.5. The standard InChI is InChI=1S/C22H33N3O3.ClH/c1-17(23)20(26)25-14-11-22(12-15-25)10-6-2-3-7-18-8-4-5-9-19(18)28-16-13-24-21(22)27;/h4-5,8-9,17H,2-3,6-7,10-16,23H2,1H3,(H,24,27);1H/t17-;/m1./s1. The summed E-state index contributed by atoms with van der Waals surface area (Å²) in [6.07, 6.45) is 6.50. The zero-order chi connectivity index (χ0) is 20.0. The summed E-state index contributed by atoms with van der Waals surface area (Å²) in [5.74, 6) is 1.01. The molecule has 1 aromatic carbocycles. The van der Waals surface area contributed by atoms with Crippen LogP contribution < -0.4 is 15.8 Å². The SMILES string of the molecule is C[C@@H](N)C(=O)N1CCC2(CCCCCc3ccccc3OCCNC2=O)CC1.Cl. The molecule has 0 radical (unpaired) electrons. The van der Waals surface area contributed by atoms with Gasteiger partial charge < -0.3 is 20.7 Å². The van der Waals surface area contributed by atoms with Gasteiger partial charge in [0.15, 0.2) is 0 Å². The molecule has 1 spiro atoms. The van der Waals surface area contributed by atoms with Crippen molar-refractivity contribution < 1.29 is 14.3 Å². The van der Waals surface area contributed by atoms with Crippen molar-refractivity contribution in [3.8, 4) is 5.75 Å². The van der Waals surface area contributed by atoms with Crippen molar-refractivity contribution in [2.24, 2.45) is 11.1 Å². The summed E-state index contributed by atoms with van der Waals surface area (Å²) in [6.45, 7) is 3.90. The molecule has 6 nitrogen and oxygen atoms in total. The number of nitrogens with two attached hydrogens (primary N) is 1. The van der Waals surface area contributed by atoms with E-state index in [4.69, 9.17) is 10.5 Å². The minimum absolute atomic E-state index is 0. The number of likely N-dealkylation sites (tertiary alicyclic amines) is 1. The van der Waals surface area contributed by atoms with Crippen LogP contribution in [-0.4, -0.2) is 49.0 Å². The van der Waals surface area contributed by atoms with Gasteiger partial charge in [0.1, 0.15) is 12.4 Å². The smallest absolute Gasteiger partial charge is 0.239 e. The van der Waals surface area contributed by atoms with Crippen molar-refractivity contribution in [3.63, 3.8) is 0 Å². The number of para-hydroxylation sites is 1. The molecular weight excluding hydrogens is 390 g/mol. The Labute approximate surface area is 179 Å². The molecule has 0 aliphatic carbocycles. The topological polar surface area (TPSA) is 84.7 Å². The molecule has 0 bridgehead atoms. The molecule has 1 saturated heterocycles. The molecule has 0 aromatic heterocycles. The van der Waals surface area contributed by atoms with Gasteiger partial charge in [0, 0.05) is 13.1 Å². The van der Waals surface area contributed by atoms with Crippen molar-refractivity contribution in [2.75, 3.05) is 26.2 Å². The number of piperidine rings is 1. The van der Waals surface area contributed by atoms with E-state index < -0.39 is 6.04 Å². The van der Waals surface area contributed by atoms with Gasteiger partial charge in [-0.15, -0.1) is 12.4 Å². The van der Waals surface area contributed by atoms with E-state index in [-0.39, 0.29) is 29.6 Å². The highest BCUT2D eigenvalue weighted by molar-refractivity contribution is 5.85. The van der Waals surface area contributed by atoms with Crippen LogP contribution in [0.4, 0.5) is 0 Å². The predicted molar refractivity (Wildman–Crippen MR) is 116 cm³/mol. The first-order valence-electron chi connectivity index (χ1n) is 10.6. The van der Waals surface area contributed by atoms with Gasteiger partial charge >= 0.3 is 0 Å². The number of hydrogen-bond acceptors (Lipinski definition) is 4. The summed E-state index contributed by atoms with van der Waals surface area (Å²) in [5, 5.41) is 3.09. The van der Waals surface area contributed by atoms with Gasteiger partial charge in [-0.1, -0.05) is 31.0 Å². The van der Waals surface area contributed by atoms with E-state index in [1.165, 1.54) is 5.56 Å². The summed E-state index contributed by atoms with van der Waals surface area (Å²) in [6, 6.07) is 7.68. The van der Waals surface area contributed by atoms with Crippen LogP contribution >= 0.6 is 12.4 Å². The monoisotopic (exact) mass is 423 g/mol. The number of nitrogens with zero attached hydrogens (tertiary/aromatic N) is 1. The number of carbonyl (C=O) groups is 2. The number of halogens is 1. The summed E-state index contributed by atoms with van der Waals surface area (Å²) in [5.41, 5.74) is 6.61.